The molecule has 0 aromatic heterocycles. The van der Waals surface area contributed by atoms with Crippen molar-refractivity contribution in [3.63, 3.8) is 0 Å². The molecule has 0 aromatic rings. The lowest BCUT2D eigenvalue weighted by Crippen LogP contribution is -2.47. The quantitative estimate of drug-likeness (QED) is 0.220. The summed E-state index contributed by atoms with van der Waals surface area (Å²) in [6.45, 7) is 4.43. The Bertz CT molecular complexity index is 476. The van der Waals surface area contributed by atoms with Crippen molar-refractivity contribution in [3.8, 4) is 0 Å². The lowest BCUT2D eigenvalue weighted by molar-refractivity contribution is -0.164. The van der Waals surface area contributed by atoms with E-state index in [2.05, 4.69) is 13.8 Å². The second kappa shape index (κ2) is 15.7. The van der Waals surface area contributed by atoms with Crippen molar-refractivity contribution in [1.29, 1.82) is 0 Å². The Morgan fingerprint density at radius 2 is 1.27 bits per heavy atom. The van der Waals surface area contributed by atoms with Crippen LogP contribution in [0.25, 0.3) is 0 Å². The molecule has 0 saturated heterocycles. The molecule has 176 valence electrons. The second-order valence-corrected chi connectivity index (χ2v) is 9.69. The monoisotopic (exact) mass is 424 g/mol. The zero-order chi connectivity index (χ0) is 22.2. The molecule has 1 aliphatic rings. The number of carboxylic acids is 2. The first-order valence-corrected chi connectivity index (χ1v) is 13.0. The fourth-order valence-electron chi connectivity index (χ4n) is 5.58. The lowest BCUT2D eigenvalue weighted by atomic mass is 9.58. The van der Waals surface area contributed by atoms with Crippen LogP contribution in [0, 0.1) is 17.3 Å². The van der Waals surface area contributed by atoms with E-state index in [1.54, 1.807) is 0 Å². The summed E-state index contributed by atoms with van der Waals surface area (Å²) in [6, 6.07) is 0. The van der Waals surface area contributed by atoms with Gasteiger partial charge in [0, 0.05) is 0 Å². The van der Waals surface area contributed by atoms with E-state index in [1.807, 2.05) is 0 Å². The minimum atomic E-state index is -0.826. The minimum Gasteiger partial charge on any atom is -0.481 e. The third-order valence-corrected chi connectivity index (χ3v) is 7.42. The zero-order valence-electron chi connectivity index (χ0n) is 19.8. The maximum absolute atomic E-state index is 12.5. The first kappa shape index (κ1) is 27.0. The van der Waals surface area contributed by atoms with E-state index in [4.69, 9.17) is 0 Å². The van der Waals surface area contributed by atoms with Crippen LogP contribution in [-0.2, 0) is 9.59 Å². The van der Waals surface area contributed by atoms with E-state index >= 15 is 0 Å². The van der Waals surface area contributed by atoms with Gasteiger partial charge in [-0.15, -0.1) is 0 Å². The average Bonchev–Trinajstić information content (AvgIpc) is 2.72. The highest BCUT2D eigenvalue weighted by Gasteiger charge is 2.52. The van der Waals surface area contributed by atoms with Crippen LogP contribution in [0.3, 0.4) is 0 Å². The van der Waals surface area contributed by atoms with Gasteiger partial charge in [-0.2, -0.15) is 0 Å². The van der Waals surface area contributed by atoms with Gasteiger partial charge in [0.05, 0.1) is 11.3 Å². The summed E-state index contributed by atoms with van der Waals surface area (Å²) in [4.78, 5) is 24.4. The second-order valence-electron chi connectivity index (χ2n) is 9.69. The van der Waals surface area contributed by atoms with E-state index in [0.717, 1.165) is 38.5 Å². The van der Waals surface area contributed by atoms with E-state index in [9.17, 15) is 19.8 Å². The topological polar surface area (TPSA) is 74.6 Å². The Morgan fingerprint density at radius 3 is 1.77 bits per heavy atom. The molecule has 1 aliphatic carbocycles. The molecule has 1 saturated carbocycles. The summed E-state index contributed by atoms with van der Waals surface area (Å²) in [5.74, 6) is -2.23. The predicted molar refractivity (Wildman–Crippen MR) is 124 cm³/mol. The molecule has 0 heterocycles. The first-order chi connectivity index (χ1) is 14.5. The van der Waals surface area contributed by atoms with Crippen molar-refractivity contribution >= 4 is 11.9 Å². The largest absolute Gasteiger partial charge is 0.481 e. The number of aliphatic carboxylic acids is 2. The van der Waals surface area contributed by atoms with Crippen molar-refractivity contribution < 1.29 is 19.8 Å². The highest BCUT2D eigenvalue weighted by molar-refractivity contribution is 5.78. The molecule has 0 radical (unpaired) electrons. The Hall–Kier alpha value is -1.06. The normalized spacial score (nSPS) is 24.1. The van der Waals surface area contributed by atoms with E-state index < -0.39 is 23.3 Å². The van der Waals surface area contributed by atoms with Crippen LogP contribution >= 0.6 is 0 Å². The molecule has 0 amide bonds. The lowest BCUT2D eigenvalue weighted by Gasteiger charge is -2.44. The highest BCUT2D eigenvalue weighted by Crippen LogP contribution is 2.50. The maximum Gasteiger partial charge on any atom is 0.309 e. The van der Waals surface area contributed by atoms with Crippen molar-refractivity contribution in [1.82, 2.24) is 0 Å². The van der Waals surface area contributed by atoms with Gasteiger partial charge in [0.25, 0.3) is 0 Å². The number of hydrogen-bond acceptors (Lipinski definition) is 2. The number of rotatable bonds is 18. The van der Waals surface area contributed by atoms with Crippen LogP contribution in [0.4, 0.5) is 0 Å². The Kier molecular flexibility index (Phi) is 14.1. The molecule has 1 rings (SSSR count). The van der Waals surface area contributed by atoms with E-state index in [0.29, 0.717) is 19.3 Å². The van der Waals surface area contributed by atoms with Crippen LogP contribution < -0.4 is 0 Å². The molecule has 0 spiro atoms. The smallest absolute Gasteiger partial charge is 0.309 e. The maximum atomic E-state index is 12.5. The molecule has 0 bridgehead atoms. The average molecular weight is 425 g/mol. The molecule has 3 atom stereocenters. The summed E-state index contributed by atoms with van der Waals surface area (Å²) in [7, 11) is 0. The summed E-state index contributed by atoms with van der Waals surface area (Å²) < 4.78 is 0. The van der Waals surface area contributed by atoms with Crippen LogP contribution in [0.1, 0.15) is 136 Å². The van der Waals surface area contributed by atoms with Gasteiger partial charge in [-0.05, 0) is 31.6 Å². The standard InChI is InChI=1S/C26H48O4/c1-3-5-7-9-11-13-15-19-23-22(24(27)28)18-17-21-26(23,25(29)30)20-16-14-12-10-8-6-4-2/h22-23H,3-21H2,1-2H3,(H,27,28)(H,29,30). The number of hydrogen-bond donors (Lipinski definition) is 2. The van der Waals surface area contributed by atoms with E-state index in [-0.39, 0.29) is 5.92 Å². The molecule has 1 fully saturated rings. The van der Waals surface area contributed by atoms with Gasteiger partial charge >= 0.3 is 11.9 Å². The number of carboxylic acid groups (broad SMARTS) is 2. The number of unbranched alkanes of at least 4 members (excludes halogenated alkanes) is 12. The van der Waals surface area contributed by atoms with Crippen molar-refractivity contribution in [3.05, 3.63) is 0 Å². The van der Waals surface area contributed by atoms with Crippen molar-refractivity contribution in [2.24, 2.45) is 17.3 Å². The Morgan fingerprint density at radius 1 is 0.767 bits per heavy atom. The highest BCUT2D eigenvalue weighted by atomic mass is 16.4. The van der Waals surface area contributed by atoms with Gasteiger partial charge in [0.1, 0.15) is 0 Å². The van der Waals surface area contributed by atoms with E-state index in [1.165, 1.54) is 64.2 Å². The van der Waals surface area contributed by atoms with Gasteiger partial charge in [0.2, 0.25) is 0 Å². The van der Waals surface area contributed by atoms with Gasteiger partial charge in [0.15, 0.2) is 0 Å². The fraction of sp³-hybridized carbons (Fsp3) is 0.923. The van der Waals surface area contributed by atoms with Crippen LogP contribution in [0.5, 0.6) is 0 Å². The van der Waals surface area contributed by atoms with Crippen molar-refractivity contribution in [2.75, 3.05) is 0 Å². The van der Waals surface area contributed by atoms with Crippen LogP contribution in [-0.4, -0.2) is 22.2 Å². The zero-order valence-corrected chi connectivity index (χ0v) is 19.8. The SMILES string of the molecule is CCCCCCCCCC1C(C(=O)O)CCCC1(CCCCCCCCC)C(=O)O. The van der Waals surface area contributed by atoms with Gasteiger partial charge in [-0.1, -0.05) is 110 Å². The fourth-order valence-corrected chi connectivity index (χ4v) is 5.58. The summed E-state index contributed by atoms with van der Waals surface area (Å²) in [5, 5.41) is 20.1. The molecule has 3 unspecified atom stereocenters. The molecule has 0 aliphatic heterocycles. The molecule has 0 aromatic carbocycles. The summed E-state index contributed by atoms with van der Waals surface area (Å²) in [5.41, 5.74) is -0.826. The van der Waals surface area contributed by atoms with Crippen LogP contribution in [0.2, 0.25) is 0 Å². The third kappa shape index (κ3) is 8.98. The molecule has 4 nitrogen and oxygen atoms in total. The van der Waals surface area contributed by atoms with Gasteiger partial charge in [-0.3, -0.25) is 9.59 Å². The minimum absolute atomic E-state index is 0.211. The molecule has 2 N–H and O–H groups in total. The summed E-state index contributed by atoms with van der Waals surface area (Å²) in [6.07, 6.45) is 19.9. The first-order valence-electron chi connectivity index (χ1n) is 13.0. The third-order valence-electron chi connectivity index (χ3n) is 7.42. The molecular weight excluding hydrogens is 376 g/mol. The van der Waals surface area contributed by atoms with Crippen molar-refractivity contribution in [2.45, 2.75) is 136 Å². The van der Waals surface area contributed by atoms with Crippen LogP contribution in [0.15, 0.2) is 0 Å². The Labute approximate surface area is 185 Å². The molecular formula is C26H48O4. The molecule has 4 heteroatoms. The van der Waals surface area contributed by atoms with Gasteiger partial charge in [-0.25, -0.2) is 0 Å². The Balaban J connectivity index is 2.65. The molecule has 30 heavy (non-hydrogen) atoms. The summed E-state index contributed by atoms with van der Waals surface area (Å²) >= 11 is 0. The predicted octanol–water partition coefficient (Wildman–Crippen LogP) is 7.84. The van der Waals surface area contributed by atoms with Gasteiger partial charge < -0.3 is 10.2 Å². The number of carbonyl (C=O) groups is 2.